The number of aryl methyl sites for hydroxylation is 1. The van der Waals surface area contributed by atoms with Crippen LogP contribution in [0.3, 0.4) is 0 Å². The molecule has 0 fully saturated rings. The highest BCUT2D eigenvalue weighted by Crippen LogP contribution is 2.19. The van der Waals surface area contributed by atoms with E-state index in [1.54, 1.807) is 42.3 Å². The normalized spacial score (nSPS) is 10.6. The summed E-state index contributed by atoms with van der Waals surface area (Å²) in [4.78, 5) is 27.8. The summed E-state index contributed by atoms with van der Waals surface area (Å²) in [5, 5.41) is 7.50. The summed E-state index contributed by atoms with van der Waals surface area (Å²) in [5.74, 6) is -0.188. The molecule has 0 atom stereocenters. The molecule has 166 valence electrons. The van der Waals surface area contributed by atoms with Gasteiger partial charge in [0.2, 0.25) is 0 Å². The second-order valence-electron chi connectivity index (χ2n) is 7.60. The van der Waals surface area contributed by atoms with Gasteiger partial charge in [0, 0.05) is 26.2 Å². The van der Waals surface area contributed by atoms with Gasteiger partial charge in [0.1, 0.15) is 5.82 Å². The van der Waals surface area contributed by atoms with E-state index < -0.39 is 0 Å². The first-order valence-electron chi connectivity index (χ1n) is 10.5. The molecule has 1 aromatic heterocycles. The van der Waals surface area contributed by atoms with Crippen LogP contribution in [0.2, 0.25) is 5.02 Å². The summed E-state index contributed by atoms with van der Waals surface area (Å²) in [7, 11) is 1.68. The second-order valence-corrected chi connectivity index (χ2v) is 8.01. The first kappa shape index (κ1) is 22.3. The van der Waals surface area contributed by atoms with Gasteiger partial charge in [0.15, 0.2) is 5.69 Å². The quantitative estimate of drug-likeness (QED) is 0.415. The maximum atomic E-state index is 13.4. The molecule has 2 amide bonds. The van der Waals surface area contributed by atoms with E-state index in [2.05, 4.69) is 10.4 Å². The van der Waals surface area contributed by atoms with E-state index in [0.717, 1.165) is 11.1 Å². The van der Waals surface area contributed by atoms with Crippen LogP contribution in [-0.2, 0) is 20.1 Å². The molecule has 4 aromatic rings. The Labute approximate surface area is 197 Å². The minimum absolute atomic E-state index is 0.225. The molecule has 3 aromatic carbocycles. The number of carbonyl (C=O) groups is 2. The average Bonchev–Trinajstić information content (AvgIpc) is 3.19. The zero-order valence-corrected chi connectivity index (χ0v) is 18.9. The third-order valence-electron chi connectivity index (χ3n) is 5.18. The first-order valence-corrected chi connectivity index (χ1v) is 10.9. The molecule has 4 rings (SSSR count). The molecule has 0 aliphatic rings. The van der Waals surface area contributed by atoms with Crippen LogP contribution in [0.15, 0.2) is 91.0 Å². The van der Waals surface area contributed by atoms with Crippen LogP contribution in [-0.4, -0.2) is 26.5 Å². The standard InChI is InChI=1S/C26H23ClN4O2/c1-30-24(28-25(32)21-14-8-9-15-22(21)27)16-23(29-30)26(33)31(17-19-10-4-2-5-11-19)18-20-12-6-3-7-13-20/h2-16H,17-18H2,1H3,(H,28,32). The van der Waals surface area contributed by atoms with Crippen LogP contribution in [0.5, 0.6) is 0 Å². The van der Waals surface area contributed by atoms with Gasteiger partial charge < -0.3 is 10.2 Å². The molecule has 0 aliphatic carbocycles. The molecule has 0 saturated heterocycles. The van der Waals surface area contributed by atoms with Crippen molar-refractivity contribution < 1.29 is 9.59 Å². The van der Waals surface area contributed by atoms with E-state index in [9.17, 15) is 9.59 Å². The predicted molar refractivity (Wildman–Crippen MR) is 129 cm³/mol. The van der Waals surface area contributed by atoms with Crippen molar-refractivity contribution in [1.82, 2.24) is 14.7 Å². The molecule has 33 heavy (non-hydrogen) atoms. The number of nitrogens with zero attached hydrogens (tertiary/aromatic N) is 3. The molecule has 0 radical (unpaired) electrons. The van der Waals surface area contributed by atoms with Crippen molar-refractivity contribution in [3.05, 3.63) is 118 Å². The van der Waals surface area contributed by atoms with Gasteiger partial charge in [-0.15, -0.1) is 0 Å². The molecule has 0 bridgehead atoms. The Kier molecular flexibility index (Phi) is 6.86. The fourth-order valence-corrected chi connectivity index (χ4v) is 3.71. The number of aromatic nitrogens is 2. The minimum atomic E-state index is -0.368. The number of carbonyl (C=O) groups excluding carboxylic acids is 2. The SMILES string of the molecule is Cn1nc(C(=O)N(Cc2ccccc2)Cc2ccccc2)cc1NC(=O)c1ccccc1Cl. The highest BCUT2D eigenvalue weighted by molar-refractivity contribution is 6.34. The largest absolute Gasteiger partial charge is 0.329 e. The maximum absolute atomic E-state index is 13.4. The Bertz CT molecular complexity index is 1210. The van der Waals surface area contributed by atoms with Crippen molar-refractivity contribution in [2.45, 2.75) is 13.1 Å². The number of hydrogen-bond donors (Lipinski definition) is 1. The lowest BCUT2D eigenvalue weighted by Gasteiger charge is -2.22. The summed E-state index contributed by atoms with van der Waals surface area (Å²) in [6.07, 6.45) is 0. The molecule has 1 N–H and O–H groups in total. The topological polar surface area (TPSA) is 67.2 Å². The second kappa shape index (κ2) is 10.1. The van der Waals surface area contributed by atoms with Crippen LogP contribution in [0.4, 0.5) is 5.82 Å². The van der Waals surface area contributed by atoms with Gasteiger partial charge in [0.25, 0.3) is 11.8 Å². The fraction of sp³-hybridized carbons (Fsp3) is 0.115. The molecule has 7 heteroatoms. The minimum Gasteiger partial charge on any atom is -0.329 e. The summed E-state index contributed by atoms with van der Waals surface area (Å²) in [5.41, 5.74) is 2.64. The average molecular weight is 459 g/mol. The third kappa shape index (κ3) is 5.48. The lowest BCUT2D eigenvalue weighted by Crippen LogP contribution is -2.30. The van der Waals surface area contributed by atoms with Crippen molar-refractivity contribution in [2.24, 2.45) is 7.05 Å². The van der Waals surface area contributed by atoms with E-state index in [4.69, 9.17) is 11.6 Å². The van der Waals surface area contributed by atoms with Crippen molar-refractivity contribution in [3.8, 4) is 0 Å². The Morgan fingerprint density at radius 2 is 1.42 bits per heavy atom. The summed E-state index contributed by atoms with van der Waals surface area (Å²) in [6.45, 7) is 0.874. The van der Waals surface area contributed by atoms with Gasteiger partial charge in [-0.3, -0.25) is 14.3 Å². The van der Waals surface area contributed by atoms with E-state index in [1.165, 1.54) is 4.68 Å². The van der Waals surface area contributed by atoms with E-state index in [-0.39, 0.29) is 17.5 Å². The maximum Gasteiger partial charge on any atom is 0.275 e. The molecule has 0 saturated carbocycles. The summed E-state index contributed by atoms with van der Waals surface area (Å²) >= 11 is 6.13. The molecule has 6 nitrogen and oxygen atoms in total. The Morgan fingerprint density at radius 3 is 2.00 bits per heavy atom. The number of halogens is 1. The number of anilines is 1. The monoisotopic (exact) mass is 458 g/mol. The lowest BCUT2D eigenvalue weighted by molar-refractivity contribution is 0.0723. The van der Waals surface area contributed by atoms with Crippen LogP contribution in [0.1, 0.15) is 32.0 Å². The highest BCUT2D eigenvalue weighted by atomic mass is 35.5. The molecule has 0 spiro atoms. The molecule has 0 unspecified atom stereocenters. The van der Waals surface area contributed by atoms with Gasteiger partial charge in [-0.2, -0.15) is 5.10 Å². The lowest BCUT2D eigenvalue weighted by atomic mass is 10.1. The van der Waals surface area contributed by atoms with E-state index in [1.807, 2.05) is 60.7 Å². The van der Waals surface area contributed by atoms with Crippen LogP contribution < -0.4 is 5.32 Å². The Balaban J connectivity index is 1.57. The Morgan fingerprint density at radius 1 is 0.879 bits per heavy atom. The van der Waals surface area contributed by atoms with E-state index in [0.29, 0.717) is 29.5 Å². The highest BCUT2D eigenvalue weighted by Gasteiger charge is 2.22. The van der Waals surface area contributed by atoms with Gasteiger partial charge in [0.05, 0.1) is 10.6 Å². The number of rotatable bonds is 7. The van der Waals surface area contributed by atoms with Gasteiger partial charge in [-0.05, 0) is 23.3 Å². The smallest absolute Gasteiger partial charge is 0.275 e. The van der Waals surface area contributed by atoms with Gasteiger partial charge in [-0.1, -0.05) is 84.4 Å². The van der Waals surface area contributed by atoms with Crippen molar-refractivity contribution >= 4 is 29.2 Å². The molecule has 1 heterocycles. The predicted octanol–water partition coefficient (Wildman–Crippen LogP) is 5.17. The van der Waals surface area contributed by atoms with Crippen LogP contribution >= 0.6 is 11.6 Å². The zero-order chi connectivity index (χ0) is 23.2. The molecular formula is C26H23ClN4O2. The van der Waals surface area contributed by atoms with Crippen molar-refractivity contribution in [2.75, 3.05) is 5.32 Å². The van der Waals surface area contributed by atoms with Gasteiger partial charge >= 0.3 is 0 Å². The number of benzene rings is 3. The van der Waals surface area contributed by atoms with Crippen LogP contribution in [0, 0.1) is 0 Å². The van der Waals surface area contributed by atoms with Crippen LogP contribution in [0.25, 0.3) is 0 Å². The first-order chi connectivity index (χ1) is 16.0. The molecular weight excluding hydrogens is 436 g/mol. The Hall–Kier alpha value is -3.90. The number of hydrogen-bond acceptors (Lipinski definition) is 3. The zero-order valence-electron chi connectivity index (χ0n) is 18.1. The summed E-state index contributed by atoms with van der Waals surface area (Å²) in [6, 6.07) is 28.0. The van der Waals surface area contributed by atoms with Crippen molar-refractivity contribution in [3.63, 3.8) is 0 Å². The van der Waals surface area contributed by atoms with E-state index >= 15 is 0 Å². The molecule has 0 aliphatic heterocycles. The van der Waals surface area contributed by atoms with Crippen molar-refractivity contribution in [1.29, 1.82) is 0 Å². The number of amides is 2. The summed E-state index contributed by atoms with van der Waals surface area (Å²) < 4.78 is 1.48. The van der Waals surface area contributed by atoms with Gasteiger partial charge in [-0.25, -0.2) is 0 Å². The fourth-order valence-electron chi connectivity index (χ4n) is 3.49. The third-order valence-corrected chi connectivity index (χ3v) is 5.51. The number of nitrogens with one attached hydrogen (secondary N) is 1.